The molecule has 1 aromatic carbocycles. The molecule has 0 aromatic heterocycles. The van der Waals surface area contributed by atoms with Gasteiger partial charge in [0.1, 0.15) is 5.52 Å². The van der Waals surface area contributed by atoms with Gasteiger partial charge in [0.15, 0.2) is 5.16 Å². The lowest BCUT2D eigenvalue weighted by atomic mass is 10.2. The molecule has 0 radical (unpaired) electrons. The first kappa shape index (κ1) is 11.9. The Labute approximate surface area is 112 Å². The molecule has 0 saturated carbocycles. The van der Waals surface area contributed by atoms with Crippen LogP contribution in [0.1, 0.15) is 0 Å². The third kappa shape index (κ3) is 1.66. The highest BCUT2D eigenvalue weighted by atomic mass is 32.2. The van der Waals surface area contributed by atoms with Gasteiger partial charge >= 0.3 is 11.3 Å². The first-order valence-corrected chi connectivity index (χ1v) is 6.79. The van der Waals surface area contributed by atoms with Crippen LogP contribution in [0.2, 0.25) is 0 Å². The van der Waals surface area contributed by atoms with E-state index in [4.69, 9.17) is 0 Å². The zero-order chi connectivity index (χ0) is 13.6. The SMILES string of the molecule is CSc1nc2n(C)c3ccccc3[n+]([O-])c-2c(=O)n1. The highest BCUT2D eigenvalue weighted by Crippen LogP contribution is 2.19. The van der Waals surface area contributed by atoms with Gasteiger partial charge in [0, 0.05) is 13.1 Å². The van der Waals surface area contributed by atoms with Crippen LogP contribution in [-0.2, 0) is 7.05 Å². The van der Waals surface area contributed by atoms with E-state index in [1.54, 1.807) is 30.0 Å². The molecule has 0 spiro atoms. The molecule has 7 heteroatoms. The quantitative estimate of drug-likeness (QED) is 0.216. The number of benzene rings is 1. The molecule has 0 N–H and O–H groups in total. The first-order valence-electron chi connectivity index (χ1n) is 5.56. The van der Waals surface area contributed by atoms with Crippen LogP contribution in [0.5, 0.6) is 0 Å². The number of fused-ring (bicyclic) bond motifs is 2. The van der Waals surface area contributed by atoms with Crippen LogP contribution in [0.4, 0.5) is 0 Å². The smallest absolute Gasteiger partial charge is 0.349 e. The Morgan fingerprint density at radius 3 is 2.79 bits per heavy atom. The number of nitrogens with zero attached hydrogens (tertiary/aromatic N) is 4. The van der Waals surface area contributed by atoms with Crippen LogP contribution < -0.4 is 10.3 Å². The molecule has 0 saturated heterocycles. The number of rotatable bonds is 1. The molecule has 19 heavy (non-hydrogen) atoms. The van der Waals surface area contributed by atoms with E-state index in [1.165, 1.54) is 11.8 Å². The van der Waals surface area contributed by atoms with E-state index in [-0.39, 0.29) is 5.69 Å². The average molecular weight is 274 g/mol. The van der Waals surface area contributed by atoms with E-state index in [1.807, 2.05) is 12.1 Å². The number of hydrogen-bond acceptors (Lipinski definition) is 5. The Morgan fingerprint density at radius 2 is 2.05 bits per heavy atom. The van der Waals surface area contributed by atoms with E-state index < -0.39 is 5.56 Å². The van der Waals surface area contributed by atoms with Crippen molar-refractivity contribution in [3.05, 3.63) is 39.8 Å². The second kappa shape index (κ2) is 4.20. The maximum atomic E-state index is 12.3. The summed E-state index contributed by atoms with van der Waals surface area (Å²) < 4.78 is 2.35. The topological polar surface area (TPSA) is 74.7 Å². The van der Waals surface area contributed by atoms with E-state index in [0.29, 0.717) is 21.2 Å². The number of aromatic nitrogens is 4. The van der Waals surface area contributed by atoms with Gasteiger partial charge in [-0.3, -0.25) is 4.79 Å². The van der Waals surface area contributed by atoms with Crippen LogP contribution in [0, 0.1) is 5.21 Å². The predicted molar refractivity (Wildman–Crippen MR) is 72.1 cm³/mol. The fraction of sp³-hybridized carbons (Fsp3) is 0.167. The van der Waals surface area contributed by atoms with E-state index in [9.17, 15) is 10.0 Å². The maximum Gasteiger partial charge on any atom is 0.349 e. The molecule has 0 atom stereocenters. The fourth-order valence-corrected chi connectivity index (χ4v) is 2.41. The lowest BCUT2D eigenvalue weighted by Gasteiger charge is -2.13. The molecular weight excluding hydrogens is 264 g/mol. The molecule has 0 aliphatic carbocycles. The molecule has 1 aromatic rings. The minimum absolute atomic E-state index is 0.0287. The summed E-state index contributed by atoms with van der Waals surface area (Å²) in [5.41, 5.74) is 0.565. The van der Waals surface area contributed by atoms with Crippen molar-refractivity contribution in [1.82, 2.24) is 14.5 Å². The minimum Gasteiger partial charge on any atom is -0.618 e. The van der Waals surface area contributed by atoms with Gasteiger partial charge in [-0.2, -0.15) is 14.7 Å². The largest absolute Gasteiger partial charge is 0.618 e. The highest BCUT2D eigenvalue weighted by Gasteiger charge is 2.26. The standard InChI is InChI=1S/C12H10N4O2S/c1-15-7-5-3-4-6-8(7)16(18)9-10(15)13-12(19-2)14-11(9)17/h3-6H,1-2H3. The molecule has 6 nitrogen and oxygen atoms in total. The monoisotopic (exact) mass is 274 g/mol. The number of aryl methyl sites for hydroxylation is 1. The van der Waals surface area contributed by atoms with Crippen molar-refractivity contribution in [2.75, 3.05) is 6.26 Å². The zero-order valence-corrected chi connectivity index (χ0v) is 11.1. The normalized spacial score (nSPS) is 11.3. The molecule has 0 unspecified atom stereocenters. The van der Waals surface area contributed by atoms with Crippen molar-refractivity contribution in [2.24, 2.45) is 7.05 Å². The van der Waals surface area contributed by atoms with Gasteiger partial charge in [-0.25, -0.2) is 0 Å². The van der Waals surface area contributed by atoms with Crippen molar-refractivity contribution in [2.45, 2.75) is 5.16 Å². The molecule has 2 aliphatic rings. The van der Waals surface area contributed by atoms with Gasteiger partial charge in [-0.15, -0.1) is 0 Å². The van der Waals surface area contributed by atoms with Crippen molar-refractivity contribution in [3.63, 3.8) is 0 Å². The number of para-hydroxylation sites is 2. The molecular formula is C12H10N4O2S. The number of thioether (sulfide) groups is 1. The lowest BCUT2D eigenvalue weighted by Crippen LogP contribution is -2.39. The fourth-order valence-electron chi connectivity index (χ4n) is 2.06. The summed E-state index contributed by atoms with van der Waals surface area (Å²) in [5.74, 6) is 0.345. The molecule has 0 bridgehead atoms. The van der Waals surface area contributed by atoms with Gasteiger partial charge in [-0.05, 0) is 12.3 Å². The lowest BCUT2D eigenvalue weighted by molar-refractivity contribution is -0.566. The maximum absolute atomic E-state index is 12.3. The molecule has 0 amide bonds. The summed E-state index contributed by atoms with van der Waals surface area (Å²) >= 11 is 1.27. The second-order valence-electron chi connectivity index (χ2n) is 4.03. The Hall–Kier alpha value is -2.15. The third-order valence-corrected chi connectivity index (χ3v) is 3.53. The summed E-state index contributed by atoms with van der Waals surface area (Å²) in [4.78, 5) is 20.0. The average Bonchev–Trinajstić information content (AvgIpc) is 2.44. The Bertz CT molecular complexity index is 815. The van der Waals surface area contributed by atoms with E-state index in [0.717, 1.165) is 5.52 Å². The van der Waals surface area contributed by atoms with Gasteiger partial charge < -0.3 is 9.77 Å². The first-order chi connectivity index (χ1) is 9.13. The van der Waals surface area contributed by atoms with Crippen LogP contribution >= 0.6 is 11.8 Å². The Morgan fingerprint density at radius 1 is 1.32 bits per heavy atom. The van der Waals surface area contributed by atoms with Crippen molar-refractivity contribution < 1.29 is 4.73 Å². The zero-order valence-electron chi connectivity index (χ0n) is 10.3. The number of hydrogen-bond donors (Lipinski definition) is 0. The van der Waals surface area contributed by atoms with Crippen molar-refractivity contribution in [1.29, 1.82) is 0 Å². The van der Waals surface area contributed by atoms with E-state index in [2.05, 4.69) is 9.97 Å². The van der Waals surface area contributed by atoms with Gasteiger partial charge in [-0.1, -0.05) is 23.9 Å². The predicted octanol–water partition coefficient (Wildman–Crippen LogP) is 0.789. The molecule has 0 fully saturated rings. The van der Waals surface area contributed by atoms with E-state index >= 15 is 0 Å². The van der Waals surface area contributed by atoms with Crippen molar-refractivity contribution in [3.8, 4) is 11.5 Å². The van der Waals surface area contributed by atoms with Gasteiger partial charge in [0.25, 0.3) is 0 Å². The second-order valence-corrected chi connectivity index (χ2v) is 4.80. The summed E-state index contributed by atoms with van der Waals surface area (Å²) in [7, 11) is 1.78. The third-order valence-electron chi connectivity index (χ3n) is 2.98. The van der Waals surface area contributed by atoms with Crippen LogP contribution in [-0.4, -0.2) is 20.8 Å². The molecule has 3 rings (SSSR count). The summed E-state index contributed by atoms with van der Waals surface area (Å²) in [6.07, 6.45) is 1.78. The minimum atomic E-state index is -0.550. The van der Waals surface area contributed by atoms with Gasteiger partial charge in [0.2, 0.25) is 11.3 Å². The molecule has 96 valence electrons. The highest BCUT2D eigenvalue weighted by molar-refractivity contribution is 7.98. The summed E-state index contributed by atoms with van der Waals surface area (Å²) in [6, 6.07) is 7.07. The van der Waals surface area contributed by atoms with Crippen LogP contribution in [0.25, 0.3) is 22.6 Å². The van der Waals surface area contributed by atoms with Crippen LogP contribution in [0.3, 0.4) is 0 Å². The summed E-state index contributed by atoms with van der Waals surface area (Å²) in [6.45, 7) is 0. The molecule has 2 heterocycles. The van der Waals surface area contributed by atoms with Crippen molar-refractivity contribution >= 4 is 22.8 Å². The summed E-state index contributed by atoms with van der Waals surface area (Å²) in [5, 5.41) is 12.6. The Kier molecular flexibility index (Phi) is 2.63. The molecule has 2 aliphatic heterocycles. The Balaban J connectivity index is 2.60. The van der Waals surface area contributed by atoms with Gasteiger partial charge in [0.05, 0.1) is 0 Å². The van der Waals surface area contributed by atoms with Crippen LogP contribution in [0.15, 0.2) is 34.2 Å².